The van der Waals surface area contributed by atoms with Crippen molar-refractivity contribution < 1.29 is 9.53 Å². The SMILES string of the molecule is CCCN(CCBr)C(=O)OCc1ccccc1. The van der Waals surface area contributed by atoms with Gasteiger partial charge in [-0.2, -0.15) is 0 Å². The van der Waals surface area contributed by atoms with Crippen LogP contribution < -0.4 is 0 Å². The highest BCUT2D eigenvalue weighted by molar-refractivity contribution is 9.09. The molecule has 0 saturated carbocycles. The van der Waals surface area contributed by atoms with E-state index in [-0.39, 0.29) is 6.09 Å². The van der Waals surface area contributed by atoms with Gasteiger partial charge in [0.05, 0.1) is 0 Å². The normalized spacial score (nSPS) is 10.0. The van der Waals surface area contributed by atoms with E-state index in [1.807, 2.05) is 37.3 Å². The van der Waals surface area contributed by atoms with Gasteiger partial charge in [0, 0.05) is 18.4 Å². The number of nitrogens with zero attached hydrogens (tertiary/aromatic N) is 1. The zero-order valence-corrected chi connectivity index (χ0v) is 11.6. The number of hydrogen-bond acceptors (Lipinski definition) is 2. The van der Waals surface area contributed by atoms with Crippen LogP contribution in [0.15, 0.2) is 30.3 Å². The fourth-order valence-corrected chi connectivity index (χ4v) is 1.90. The molecule has 0 radical (unpaired) electrons. The van der Waals surface area contributed by atoms with Gasteiger partial charge in [-0.15, -0.1) is 0 Å². The van der Waals surface area contributed by atoms with Crippen LogP contribution in [0.5, 0.6) is 0 Å². The lowest BCUT2D eigenvalue weighted by Crippen LogP contribution is -2.33. The second kappa shape index (κ2) is 8.12. The van der Waals surface area contributed by atoms with Gasteiger partial charge in [-0.3, -0.25) is 0 Å². The zero-order chi connectivity index (χ0) is 12.5. The van der Waals surface area contributed by atoms with Crippen molar-refractivity contribution in [1.29, 1.82) is 0 Å². The van der Waals surface area contributed by atoms with Crippen molar-refractivity contribution in [2.24, 2.45) is 0 Å². The van der Waals surface area contributed by atoms with Crippen molar-refractivity contribution in [3.8, 4) is 0 Å². The summed E-state index contributed by atoms with van der Waals surface area (Å²) in [5, 5.41) is 0.771. The zero-order valence-electron chi connectivity index (χ0n) is 10.1. The minimum Gasteiger partial charge on any atom is -0.445 e. The van der Waals surface area contributed by atoms with E-state index in [0.717, 1.165) is 23.9 Å². The van der Waals surface area contributed by atoms with Crippen LogP contribution in [0.2, 0.25) is 0 Å². The third-order valence-electron chi connectivity index (χ3n) is 2.31. The monoisotopic (exact) mass is 299 g/mol. The summed E-state index contributed by atoms with van der Waals surface area (Å²) in [6, 6.07) is 9.71. The Hall–Kier alpha value is -1.03. The van der Waals surface area contributed by atoms with E-state index in [1.54, 1.807) is 4.90 Å². The highest BCUT2D eigenvalue weighted by Gasteiger charge is 2.12. The van der Waals surface area contributed by atoms with Crippen molar-refractivity contribution >= 4 is 22.0 Å². The summed E-state index contributed by atoms with van der Waals surface area (Å²) in [7, 11) is 0. The highest BCUT2D eigenvalue weighted by atomic mass is 79.9. The predicted molar refractivity (Wildman–Crippen MR) is 72.3 cm³/mol. The third kappa shape index (κ3) is 5.22. The maximum absolute atomic E-state index is 11.8. The molecule has 0 bridgehead atoms. The molecule has 17 heavy (non-hydrogen) atoms. The first-order valence-electron chi connectivity index (χ1n) is 5.79. The number of benzene rings is 1. The van der Waals surface area contributed by atoms with E-state index in [1.165, 1.54) is 0 Å². The molecule has 0 saturated heterocycles. The fraction of sp³-hybridized carbons (Fsp3) is 0.462. The summed E-state index contributed by atoms with van der Waals surface area (Å²) in [5.74, 6) is 0. The number of halogens is 1. The summed E-state index contributed by atoms with van der Waals surface area (Å²) >= 11 is 3.33. The molecule has 0 aliphatic rings. The van der Waals surface area contributed by atoms with Crippen LogP contribution in [0.25, 0.3) is 0 Å². The first-order valence-corrected chi connectivity index (χ1v) is 6.91. The van der Waals surface area contributed by atoms with Gasteiger partial charge in [0.25, 0.3) is 0 Å². The van der Waals surface area contributed by atoms with Crippen LogP contribution in [0.1, 0.15) is 18.9 Å². The van der Waals surface area contributed by atoms with Gasteiger partial charge in [0.15, 0.2) is 0 Å². The van der Waals surface area contributed by atoms with Crippen molar-refractivity contribution in [2.75, 3.05) is 18.4 Å². The molecule has 4 heteroatoms. The van der Waals surface area contributed by atoms with Crippen LogP contribution in [0, 0.1) is 0 Å². The standard InChI is InChI=1S/C13H18BrNO2/c1-2-9-15(10-8-14)13(16)17-11-12-6-4-3-5-7-12/h3-7H,2,8-11H2,1H3. The molecule has 1 amide bonds. The molecule has 0 fully saturated rings. The lowest BCUT2D eigenvalue weighted by atomic mass is 10.2. The van der Waals surface area contributed by atoms with E-state index < -0.39 is 0 Å². The molecule has 0 aromatic heterocycles. The number of alkyl halides is 1. The Morgan fingerprint density at radius 1 is 1.29 bits per heavy atom. The fourth-order valence-electron chi connectivity index (χ4n) is 1.48. The summed E-state index contributed by atoms with van der Waals surface area (Å²) < 4.78 is 5.26. The average molecular weight is 300 g/mol. The molecule has 0 unspecified atom stereocenters. The number of hydrogen-bond donors (Lipinski definition) is 0. The largest absolute Gasteiger partial charge is 0.445 e. The van der Waals surface area contributed by atoms with Gasteiger partial charge in [-0.05, 0) is 12.0 Å². The van der Waals surface area contributed by atoms with Gasteiger partial charge in [0.1, 0.15) is 6.61 Å². The minimum absolute atomic E-state index is 0.241. The van der Waals surface area contributed by atoms with Crippen LogP contribution >= 0.6 is 15.9 Å². The summed E-state index contributed by atoms with van der Waals surface area (Å²) in [5.41, 5.74) is 1.01. The number of carbonyl (C=O) groups excluding carboxylic acids is 1. The Labute approximate surface area is 111 Å². The molecule has 0 aliphatic carbocycles. The highest BCUT2D eigenvalue weighted by Crippen LogP contribution is 2.04. The molecule has 94 valence electrons. The third-order valence-corrected chi connectivity index (χ3v) is 2.67. The molecule has 1 aromatic carbocycles. The molecule has 0 spiro atoms. The second-order valence-electron chi connectivity index (χ2n) is 3.72. The number of rotatable bonds is 6. The van der Waals surface area contributed by atoms with E-state index in [4.69, 9.17) is 4.74 Å². The van der Waals surface area contributed by atoms with Crippen LogP contribution in [-0.4, -0.2) is 29.4 Å². The summed E-state index contributed by atoms with van der Waals surface area (Å²) in [6.07, 6.45) is 0.697. The van der Waals surface area contributed by atoms with Crippen molar-refractivity contribution in [2.45, 2.75) is 20.0 Å². The quantitative estimate of drug-likeness (QED) is 0.753. The number of ether oxygens (including phenoxy) is 1. The predicted octanol–water partition coefficient (Wildman–Crippen LogP) is 3.43. The van der Waals surface area contributed by atoms with Crippen LogP contribution in [-0.2, 0) is 11.3 Å². The first kappa shape index (κ1) is 14.0. The van der Waals surface area contributed by atoms with Crippen molar-refractivity contribution in [3.05, 3.63) is 35.9 Å². The number of carbonyl (C=O) groups is 1. The second-order valence-corrected chi connectivity index (χ2v) is 4.51. The van der Waals surface area contributed by atoms with Crippen molar-refractivity contribution in [3.63, 3.8) is 0 Å². The Morgan fingerprint density at radius 2 is 2.00 bits per heavy atom. The van der Waals surface area contributed by atoms with Gasteiger partial charge in [-0.25, -0.2) is 4.79 Å². The topological polar surface area (TPSA) is 29.5 Å². The Balaban J connectivity index is 2.41. The molecule has 0 heterocycles. The van der Waals surface area contributed by atoms with Gasteiger partial charge < -0.3 is 9.64 Å². The molecule has 3 nitrogen and oxygen atoms in total. The molecule has 1 rings (SSSR count). The molecule has 0 aliphatic heterocycles. The average Bonchev–Trinajstić information content (AvgIpc) is 2.37. The van der Waals surface area contributed by atoms with Crippen LogP contribution in [0.3, 0.4) is 0 Å². The molecular weight excluding hydrogens is 282 g/mol. The molecule has 0 atom stereocenters. The lowest BCUT2D eigenvalue weighted by Gasteiger charge is -2.20. The Kier molecular flexibility index (Phi) is 6.70. The maximum atomic E-state index is 11.8. The maximum Gasteiger partial charge on any atom is 0.410 e. The minimum atomic E-state index is -0.241. The number of amides is 1. The van der Waals surface area contributed by atoms with E-state index in [9.17, 15) is 4.79 Å². The van der Waals surface area contributed by atoms with Gasteiger partial charge in [0.2, 0.25) is 0 Å². The first-order chi connectivity index (χ1) is 8.27. The van der Waals surface area contributed by atoms with E-state index in [0.29, 0.717) is 13.2 Å². The summed E-state index contributed by atoms with van der Waals surface area (Å²) in [6.45, 7) is 3.80. The smallest absolute Gasteiger partial charge is 0.410 e. The van der Waals surface area contributed by atoms with Crippen molar-refractivity contribution in [1.82, 2.24) is 4.90 Å². The summed E-state index contributed by atoms with van der Waals surface area (Å²) in [4.78, 5) is 13.5. The van der Waals surface area contributed by atoms with E-state index in [2.05, 4.69) is 15.9 Å². The van der Waals surface area contributed by atoms with Gasteiger partial charge in [-0.1, -0.05) is 53.2 Å². The van der Waals surface area contributed by atoms with Crippen LogP contribution in [0.4, 0.5) is 4.79 Å². The Bertz CT molecular complexity index is 323. The molecule has 1 aromatic rings. The lowest BCUT2D eigenvalue weighted by molar-refractivity contribution is 0.0985. The van der Waals surface area contributed by atoms with E-state index >= 15 is 0 Å². The van der Waals surface area contributed by atoms with Gasteiger partial charge >= 0.3 is 6.09 Å². The molecule has 0 N–H and O–H groups in total. The molecular formula is C13H18BrNO2. The Morgan fingerprint density at radius 3 is 2.59 bits per heavy atom.